The lowest BCUT2D eigenvalue weighted by molar-refractivity contribution is 1.05. The summed E-state index contributed by atoms with van der Waals surface area (Å²) >= 11 is 3.50. The van der Waals surface area contributed by atoms with Crippen molar-refractivity contribution in [2.45, 2.75) is 20.3 Å². The van der Waals surface area contributed by atoms with Crippen LogP contribution < -0.4 is 10.6 Å². The van der Waals surface area contributed by atoms with Crippen molar-refractivity contribution in [1.82, 2.24) is 9.97 Å². The number of aryl methyl sites for hydroxylation is 1. The smallest absolute Gasteiger partial charge is 0.139 e. The van der Waals surface area contributed by atoms with Crippen molar-refractivity contribution < 1.29 is 0 Å². The van der Waals surface area contributed by atoms with E-state index in [0.29, 0.717) is 0 Å². The quantitative estimate of drug-likeness (QED) is 0.897. The van der Waals surface area contributed by atoms with Gasteiger partial charge in [0.25, 0.3) is 0 Å². The van der Waals surface area contributed by atoms with Crippen LogP contribution in [0.15, 0.2) is 29.0 Å². The predicted molar refractivity (Wildman–Crippen MR) is 83.1 cm³/mol. The summed E-state index contributed by atoms with van der Waals surface area (Å²) in [5, 5.41) is 6.45. The van der Waals surface area contributed by atoms with Gasteiger partial charge in [-0.1, -0.05) is 22.9 Å². The summed E-state index contributed by atoms with van der Waals surface area (Å²) < 4.78 is 1.05. The van der Waals surface area contributed by atoms with E-state index >= 15 is 0 Å². The van der Waals surface area contributed by atoms with Gasteiger partial charge in [0.2, 0.25) is 0 Å². The zero-order valence-electron chi connectivity index (χ0n) is 11.3. The number of benzene rings is 1. The Bertz CT molecular complexity index is 563. The predicted octanol–water partition coefficient (Wildman–Crippen LogP) is 3.90. The Morgan fingerprint density at radius 2 is 1.89 bits per heavy atom. The lowest BCUT2D eigenvalue weighted by Gasteiger charge is -2.13. The van der Waals surface area contributed by atoms with Gasteiger partial charge in [-0.15, -0.1) is 0 Å². The maximum Gasteiger partial charge on any atom is 0.139 e. The molecule has 19 heavy (non-hydrogen) atoms. The molecule has 1 heterocycles. The average Bonchev–Trinajstić information content (AvgIpc) is 2.37. The first-order valence-corrected chi connectivity index (χ1v) is 6.99. The van der Waals surface area contributed by atoms with Crippen molar-refractivity contribution in [2.24, 2.45) is 0 Å². The highest BCUT2D eigenvalue weighted by Crippen LogP contribution is 2.26. The molecule has 5 heteroatoms. The van der Waals surface area contributed by atoms with Crippen LogP contribution in [-0.4, -0.2) is 17.0 Å². The SMILES string of the molecule is CCc1c(NC)ncnc1Nc1cc(C)cc(Br)c1. The molecular formula is C14H17BrN4. The standard InChI is InChI=1S/C14H17BrN4/c1-4-12-13(16-3)17-8-18-14(12)19-11-6-9(2)5-10(15)7-11/h5-8H,4H2,1-3H3,(H2,16,17,18,19). The highest BCUT2D eigenvalue weighted by Gasteiger charge is 2.09. The van der Waals surface area contributed by atoms with Crippen LogP contribution in [0.3, 0.4) is 0 Å². The molecule has 0 aliphatic heterocycles. The van der Waals surface area contributed by atoms with Gasteiger partial charge >= 0.3 is 0 Å². The van der Waals surface area contributed by atoms with Crippen LogP contribution in [-0.2, 0) is 6.42 Å². The van der Waals surface area contributed by atoms with E-state index in [4.69, 9.17) is 0 Å². The Hall–Kier alpha value is -1.62. The zero-order chi connectivity index (χ0) is 13.8. The number of hydrogen-bond donors (Lipinski definition) is 2. The van der Waals surface area contributed by atoms with Gasteiger partial charge in [0.05, 0.1) is 0 Å². The summed E-state index contributed by atoms with van der Waals surface area (Å²) in [4.78, 5) is 8.57. The Morgan fingerprint density at radius 1 is 1.16 bits per heavy atom. The molecule has 0 unspecified atom stereocenters. The highest BCUT2D eigenvalue weighted by atomic mass is 79.9. The second kappa shape index (κ2) is 6.02. The highest BCUT2D eigenvalue weighted by molar-refractivity contribution is 9.10. The van der Waals surface area contributed by atoms with E-state index in [1.807, 2.05) is 13.1 Å². The van der Waals surface area contributed by atoms with E-state index in [2.05, 4.69) is 62.5 Å². The fourth-order valence-electron chi connectivity index (χ4n) is 2.02. The maximum atomic E-state index is 4.34. The van der Waals surface area contributed by atoms with E-state index in [0.717, 1.165) is 33.8 Å². The van der Waals surface area contributed by atoms with E-state index < -0.39 is 0 Å². The molecular weight excluding hydrogens is 304 g/mol. The minimum Gasteiger partial charge on any atom is -0.373 e. The molecule has 0 fully saturated rings. The van der Waals surface area contributed by atoms with Crippen LogP contribution in [0.1, 0.15) is 18.1 Å². The first-order valence-electron chi connectivity index (χ1n) is 6.20. The van der Waals surface area contributed by atoms with Crippen LogP contribution in [0.2, 0.25) is 0 Å². The van der Waals surface area contributed by atoms with Crippen molar-refractivity contribution >= 4 is 33.3 Å². The summed E-state index contributed by atoms with van der Waals surface area (Å²) in [6.45, 7) is 4.16. The molecule has 0 aliphatic carbocycles. The summed E-state index contributed by atoms with van der Waals surface area (Å²) in [7, 11) is 1.87. The lowest BCUT2D eigenvalue weighted by Crippen LogP contribution is -2.04. The van der Waals surface area contributed by atoms with Crippen LogP contribution in [0.5, 0.6) is 0 Å². The number of nitrogens with zero attached hydrogens (tertiary/aromatic N) is 2. The molecule has 0 aliphatic rings. The van der Waals surface area contributed by atoms with Gasteiger partial charge in [-0.05, 0) is 37.1 Å². The van der Waals surface area contributed by atoms with E-state index in [1.54, 1.807) is 6.33 Å². The molecule has 100 valence electrons. The van der Waals surface area contributed by atoms with Crippen LogP contribution >= 0.6 is 15.9 Å². The largest absolute Gasteiger partial charge is 0.373 e. The number of nitrogens with one attached hydrogen (secondary N) is 2. The number of anilines is 3. The van der Waals surface area contributed by atoms with Gasteiger partial charge in [0.1, 0.15) is 18.0 Å². The number of aromatic nitrogens is 2. The van der Waals surface area contributed by atoms with Crippen molar-refractivity contribution in [3.05, 3.63) is 40.1 Å². The van der Waals surface area contributed by atoms with Crippen LogP contribution in [0.25, 0.3) is 0 Å². The topological polar surface area (TPSA) is 49.8 Å². The molecule has 4 nitrogen and oxygen atoms in total. The van der Waals surface area contributed by atoms with Gasteiger partial charge in [-0.25, -0.2) is 9.97 Å². The molecule has 2 N–H and O–H groups in total. The van der Waals surface area contributed by atoms with Crippen molar-refractivity contribution in [3.63, 3.8) is 0 Å². The summed E-state index contributed by atoms with van der Waals surface area (Å²) in [6.07, 6.45) is 2.44. The van der Waals surface area contributed by atoms with Gasteiger partial charge < -0.3 is 10.6 Å². The Morgan fingerprint density at radius 3 is 2.53 bits per heavy atom. The first-order chi connectivity index (χ1) is 9.13. The Kier molecular flexibility index (Phi) is 4.37. The van der Waals surface area contributed by atoms with Gasteiger partial charge in [0.15, 0.2) is 0 Å². The average molecular weight is 321 g/mol. The van der Waals surface area contributed by atoms with Gasteiger partial charge in [-0.3, -0.25) is 0 Å². The third-order valence-electron chi connectivity index (χ3n) is 2.84. The monoisotopic (exact) mass is 320 g/mol. The molecule has 1 aromatic carbocycles. The van der Waals surface area contributed by atoms with Crippen molar-refractivity contribution in [2.75, 3.05) is 17.7 Å². The Balaban J connectivity index is 2.37. The van der Waals surface area contributed by atoms with Crippen LogP contribution in [0.4, 0.5) is 17.3 Å². The molecule has 2 aromatic rings. The zero-order valence-corrected chi connectivity index (χ0v) is 12.9. The molecule has 0 bridgehead atoms. The number of halogens is 1. The number of hydrogen-bond acceptors (Lipinski definition) is 4. The third-order valence-corrected chi connectivity index (χ3v) is 3.30. The van der Waals surface area contributed by atoms with Crippen LogP contribution in [0, 0.1) is 6.92 Å². The summed E-state index contributed by atoms with van der Waals surface area (Å²) in [5.41, 5.74) is 3.29. The van der Waals surface area contributed by atoms with E-state index in [1.165, 1.54) is 5.56 Å². The lowest BCUT2D eigenvalue weighted by atomic mass is 10.2. The van der Waals surface area contributed by atoms with Gasteiger partial charge in [-0.2, -0.15) is 0 Å². The molecule has 2 rings (SSSR count). The summed E-state index contributed by atoms with van der Waals surface area (Å²) in [6, 6.07) is 6.20. The normalized spacial score (nSPS) is 10.3. The minimum atomic E-state index is 0.847. The first kappa shape index (κ1) is 13.8. The second-order valence-electron chi connectivity index (χ2n) is 4.30. The fraction of sp³-hybridized carbons (Fsp3) is 0.286. The van der Waals surface area contributed by atoms with Crippen molar-refractivity contribution in [3.8, 4) is 0 Å². The third kappa shape index (κ3) is 3.23. The Labute approximate surface area is 121 Å². The van der Waals surface area contributed by atoms with E-state index in [-0.39, 0.29) is 0 Å². The molecule has 0 saturated carbocycles. The summed E-state index contributed by atoms with van der Waals surface area (Å²) in [5.74, 6) is 1.71. The van der Waals surface area contributed by atoms with Gasteiger partial charge in [0, 0.05) is 22.8 Å². The maximum absolute atomic E-state index is 4.34. The van der Waals surface area contributed by atoms with E-state index in [9.17, 15) is 0 Å². The van der Waals surface area contributed by atoms with Crippen molar-refractivity contribution in [1.29, 1.82) is 0 Å². The number of rotatable bonds is 4. The minimum absolute atomic E-state index is 0.847. The second-order valence-corrected chi connectivity index (χ2v) is 5.21. The molecule has 0 spiro atoms. The molecule has 1 aromatic heterocycles. The molecule has 0 saturated heterocycles. The molecule has 0 atom stereocenters. The molecule has 0 radical (unpaired) electrons. The fourth-order valence-corrected chi connectivity index (χ4v) is 2.62. The molecule has 0 amide bonds.